The smallest absolute Gasteiger partial charge is 0.242 e. The van der Waals surface area contributed by atoms with Gasteiger partial charge in [-0.25, -0.2) is 0 Å². The van der Waals surface area contributed by atoms with Gasteiger partial charge in [0.05, 0.1) is 5.60 Å². The van der Waals surface area contributed by atoms with Crippen molar-refractivity contribution in [2.75, 3.05) is 6.54 Å². The molecule has 0 bridgehead atoms. The van der Waals surface area contributed by atoms with Crippen molar-refractivity contribution < 1.29 is 14.7 Å². The second-order valence-corrected chi connectivity index (χ2v) is 5.16. The monoisotopic (exact) mass is 240 g/mol. The molecular weight excluding hydrogens is 220 g/mol. The second-order valence-electron chi connectivity index (χ2n) is 5.16. The van der Waals surface area contributed by atoms with E-state index in [4.69, 9.17) is 0 Å². The quantitative estimate of drug-likeness (QED) is 0.653. The number of nitrogens with one attached hydrogen (secondary N) is 2. The highest BCUT2D eigenvalue weighted by Gasteiger charge is 2.32. The Kier molecular flexibility index (Phi) is 3.66. The third kappa shape index (κ3) is 3.19. The van der Waals surface area contributed by atoms with Crippen LogP contribution in [-0.2, 0) is 9.59 Å². The molecule has 0 spiro atoms. The molecule has 2 rings (SSSR count). The van der Waals surface area contributed by atoms with Gasteiger partial charge in [-0.1, -0.05) is 19.3 Å². The Morgan fingerprint density at radius 2 is 2.12 bits per heavy atom. The molecule has 0 radical (unpaired) electrons. The summed E-state index contributed by atoms with van der Waals surface area (Å²) in [6.07, 6.45) is 5.69. The van der Waals surface area contributed by atoms with E-state index in [1.54, 1.807) is 0 Å². The number of aliphatic hydroxyl groups is 1. The number of hydrogen-bond donors (Lipinski definition) is 3. The zero-order chi connectivity index (χ0) is 12.3. The van der Waals surface area contributed by atoms with E-state index in [9.17, 15) is 14.7 Å². The van der Waals surface area contributed by atoms with Gasteiger partial charge in [-0.15, -0.1) is 0 Å². The van der Waals surface area contributed by atoms with Crippen molar-refractivity contribution in [2.24, 2.45) is 0 Å². The summed E-state index contributed by atoms with van der Waals surface area (Å²) in [5, 5.41) is 15.6. The molecule has 1 saturated carbocycles. The van der Waals surface area contributed by atoms with Gasteiger partial charge in [-0.05, 0) is 19.3 Å². The number of carbonyl (C=O) groups excluding carboxylic acids is 2. The van der Waals surface area contributed by atoms with Crippen LogP contribution in [0.2, 0.25) is 0 Å². The second kappa shape index (κ2) is 5.04. The molecule has 5 nitrogen and oxygen atoms in total. The van der Waals surface area contributed by atoms with Crippen LogP contribution in [0.1, 0.15) is 44.9 Å². The van der Waals surface area contributed by atoms with Crippen LogP contribution in [0.3, 0.4) is 0 Å². The molecule has 2 fully saturated rings. The first-order chi connectivity index (χ1) is 8.09. The van der Waals surface area contributed by atoms with Gasteiger partial charge >= 0.3 is 0 Å². The van der Waals surface area contributed by atoms with Gasteiger partial charge in [-0.3, -0.25) is 9.59 Å². The Balaban J connectivity index is 1.77. The molecule has 1 heterocycles. The van der Waals surface area contributed by atoms with E-state index in [-0.39, 0.29) is 11.8 Å². The first kappa shape index (κ1) is 12.4. The molecule has 3 N–H and O–H groups in total. The lowest BCUT2D eigenvalue weighted by atomic mass is 9.85. The van der Waals surface area contributed by atoms with E-state index in [1.165, 1.54) is 0 Å². The fraction of sp³-hybridized carbons (Fsp3) is 0.833. The number of hydrogen-bond acceptors (Lipinski definition) is 3. The molecule has 2 aliphatic rings. The molecular formula is C12H20N2O3. The molecule has 1 unspecified atom stereocenters. The van der Waals surface area contributed by atoms with Gasteiger partial charge < -0.3 is 15.7 Å². The van der Waals surface area contributed by atoms with Gasteiger partial charge in [0.25, 0.3) is 0 Å². The Hall–Kier alpha value is -1.10. The molecule has 1 saturated heterocycles. The van der Waals surface area contributed by atoms with Crippen molar-refractivity contribution in [3.05, 3.63) is 0 Å². The topological polar surface area (TPSA) is 78.4 Å². The summed E-state index contributed by atoms with van der Waals surface area (Å²) >= 11 is 0. The summed E-state index contributed by atoms with van der Waals surface area (Å²) < 4.78 is 0. The van der Waals surface area contributed by atoms with Crippen LogP contribution in [-0.4, -0.2) is 35.1 Å². The molecule has 1 aliphatic heterocycles. The Morgan fingerprint density at radius 3 is 2.71 bits per heavy atom. The van der Waals surface area contributed by atoms with Crippen molar-refractivity contribution in [2.45, 2.75) is 56.6 Å². The van der Waals surface area contributed by atoms with Crippen molar-refractivity contribution >= 4 is 11.8 Å². The zero-order valence-corrected chi connectivity index (χ0v) is 10.00. The molecule has 0 aromatic rings. The summed E-state index contributed by atoms with van der Waals surface area (Å²) in [5.74, 6) is -0.239. The van der Waals surface area contributed by atoms with E-state index < -0.39 is 11.6 Å². The van der Waals surface area contributed by atoms with E-state index in [0.29, 0.717) is 19.4 Å². The minimum atomic E-state index is -0.740. The van der Waals surface area contributed by atoms with E-state index >= 15 is 0 Å². The van der Waals surface area contributed by atoms with Crippen molar-refractivity contribution in [1.29, 1.82) is 0 Å². The minimum absolute atomic E-state index is 0.0680. The molecule has 96 valence electrons. The first-order valence-corrected chi connectivity index (χ1v) is 6.39. The van der Waals surface area contributed by atoms with Gasteiger partial charge in [-0.2, -0.15) is 0 Å². The molecule has 1 atom stereocenters. The lowest BCUT2D eigenvalue weighted by Crippen LogP contribution is -2.49. The maximum absolute atomic E-state index is 11.7. The maximum atomic E-state index is 11.7. The standard InChI is InChI=1S/C12H20N2O3/c15-10-5-4-9(14-10)11(16)13-8-12(17)6-2-1-3-7-12/h9,17H,1-8H2,(H,13,16)(H,14,15). The zero-order valence-electron chi connectivity index (χ0n) is 10.00. The number of carbonyl (C=O) groups is 2. The molecule has 17 heavy (non-hydrogen) atoms. The van der Waals surface area contributed by atoms with Gasteiger partial charge in [0.1, 0.15) is 6.04 Å². The van der Waals surface area contributed by atoms with Crippen molar-refractivity contribution in [3.63, 3.8) is 0 Å². The highest BCUT2D eigenvalue weighted by molar-refractivity contribution is 5.90. The molecule has 1 aliphatic carbocycles. The highest BCUT2D eigenvalue weighted by atomic mass is 16.3. The summed E-state index contributed by atoms with van der Waals surface area (Å²) in [7, 11) is 0. The lowest BCUT2D eigenvalue weighted by Gasteiger charge is -2.32. The van der Waals surface area contributed by atoms with Gasteiger partial charge in [0, 0.05) is 13.0 Å². The minimum Gasteiger partial charge on any atom is -0.388 e. The Morgan fingerprint density at radius 1 is 1.41 bits per heavy atom. The van der Waals surface area contributed by atoms with E-state index in [1.807, 2.05) is 0 Å². The van der Waals surface area contributed by atoms with Crippen molar-refractivity contribution in [1.82, 2.24) is 10.6 Å². The van der Waals surface area contributed by atoms with Crippen LogP contribution >= 0.6 is 0 Å². The summed E-state index contributed by atoms with van der Waals surface area (Å²) in [5.41, 5.74) is -0.740. The van der Waals surface area contributed by atoms with Crippen LogP contribution in [0.4, 0.5) is 0 Å². The Bertz CT molecular complexity index is 311. The van der Waals surface area contributed by atoms with Crippen LogP contribution in [0.15, 0.2) is 0 Å². The van der Waals surface area contributed by atoms with Gasteiger partial charge in [0.2, 0.25) is 11.8 Å². The molecule has 0 aromatic heterocycles. The summed E-state index contributed by atoms with van der Waals surface area (Å²) in [6.45, 7) is 0.304. The SMILES string of the molecule is O=C1CCC(C(=O)NCC2(O)CCCCC2)N1. The fourth-order valence-corrected chi connectivity index (χ4v) is 2.57. The lowest BCUT2D eigenvalue weighted by molar-refractivity contribution is -0.126. The first-order valence-electron chi connectivity index (χ1n) is 6.39. The van der Waals surface area contributed by atoms with Crippen LogP contribution in [0.5, 0.6) is 0 Å². The van der Waals surface area contributed by atoms with Crippen LogP contribution in [0.25, 0.3) is 0 Å². The molecule has 5 heteroatoms. The van der Waals surface area contributed by atoms with Crippen LogP contribution in [0, 0.1) is 0 Å². The van der Waals surface area contributed by atoms with Gasteiger partial charge in [0.15, 0.2) is 0 Å². The Labute approximate surface area is 101 Å². The van der Waals surface area contributed by atoms with Crippen LogP contribution < -0.4 is 10.6 Å². The fourth-order valence-electron chi connectivity index (χ4n) is 2.57. The maximum Gasteiger partial charge on any atom is 0.242 e. The highest BCUT2D eigenvalue weighted by Crippen LogP contribution is 2.27. The van der Waals surface area contributed by atoms with E-state index in [2.05, 4.69) is 10.6 Å². The predicted molar refractivity (Wildman–Crippen MR) is 62.2 cm³/mol. The average Bonchev–Trinajstić information content (AvgIpc) is 2.74. The third-order valence-electron chi connectivity index (χ3n) is 3.69. The third-order valence-corrected chi connectivity index (χ3v) is 3.69. The largest absolute Gasteiger partial charge is 0.388 e. The van der Waals surface area contributed by atoms with Crippen molar-refractivity contribution in [3.8, 4) is 0 Å². The molecule has 0 aromatic carbocycles. The summed E-state index contributed by atoms with van der Waals surface area (Å²) in [4.78, 5) is 22.7. The average molecular weight is 240 g/mol. The number of rotatable bonds is 3. The summed E-state index contributed by atoms with van der Waals surface area (Å²) in [6, 6.07) is -0.408. The predicted octanol–water partition coefficient (Wildman–Crippen LogP) is 0.0764. The normalized spacial score (nSPS) is 27.6. The van der Waals surface area contributed by atoms with E-state index in [0.717, 1.165) is 32.1 Å². The molecule has 2 amide bonds. The number of amides is 2.